The van der Waals surface area contributed by atoms with E-state index < -0.39 is 0 Å². The van der Waals surface area contributed by atoms with Crippen molar-refractivity contribution in [2.24, 2.45) is 4.99 Å². The first kappa shape index (κ1) is 17.0. The molecular weight excluding hydrogens is 288 g/mol. The highest BCUT2D eigenvalue weighted by molar-refractivity contribution is 5.80. The molecule has 0 fully saturated rings. The second-order valence-electron chi connectivity index (χ2n) is 5.44. The van der Waals surface area contributed by atoms with Crippen molar-refractivity contribution in [1.82, 2.24) is 25.4 Å². The number of nitrogens with zero attached hydrogens (tertiary/aromatic N) is 4. The highest BCUT2D eigenvalue weighted by atomic mass is 15.2. The van der Waals surface area contributed by atoms with Crippen molar-refractivity contribution in [2.45, 2.75) is 39.3 Å². The molecule has 1 aromatic heterocycles. The number of aromatic nitrogens is 3. The van der Waals surface area contributed by atoms with E-state index in [1.165, 1.54) is 5.56 Å². The van der Waals surface area contributed by atoms with Gasteiger partial charge >= 0.3 is 0 Å². The molecule has 0 bridgehead atoms. The molecule has 0 radical (unpaired) electrons. The van der Waals surface area contributed by atoms with E-state index in [-0.39, 0.29) is 6.04 Å². The summed E-state index contributed by atoms with van der Waals surface area (Å²) in [5, 5.41) is 14.4. The average molecular weight is 314 g/mol. The van der Waals surface area contributed by atoms with Crippen LogP contribution in [0.5, 0.6) is 0 Å². The van der Waals surface area contributed by atoms with E-state index in [9.17, 15) is 0 Å². The standard InChI is InChI=1S/C17H26N6/c1-3-18-17(22-15(2)16-9-5-4-6-10-16)19-11-7-8-12-23-13-20-21-14-23/h4-6,9-10,13-15H,3,7-8,11-12H2,1-2H3,(H2,18,19,22). The second-order valence-corrected chi connectivity index (χ2v) is 5.44. The predicted molar refractivity (Wildman–Crippen MR) is 93.2 cm³/mol. The minimum Gasteiger partial charge on any atom is -0.357 e. The topological polar surface area (TPSA) is 67.1 Å². The molecule has 6 heteroatoms. The quantitative estimate of drug-likeness (QED) is 0.446. The lowest BCUT2D eigenvalue weighted by Crippen LogP contribution is -2.38. The van der Waals surface area contributed by atoms with Crippen LogP contribution in [-0.2, 0) is 6.54 Å². The zero-order valence-electron chi connectivity index (χ0n) is 13.9. The van der Waals surface area contributed by atoms with E-state index in [0.29, 0.717) is 0 Å². The van der Waals surface area contributed by atoms with Gasteiger partial charge in [-0.05, 0) is 32.3 Å². The van der Waals surface area contributed by atoms with Crippen molar-refractivity contribution in [1.29, 1.82) is 0 Å². The van der Waals surface area contributed by atoms with Crippen LogP contribution >= 0.6 is 0 Å². The summed E-state index contributed by atoms with van der Waals surface area (Å²) in [6.45, 7) is 6.82. The summed E-state index contributed by atoms with van der Waals surface area (Å²) in [5.74, 6) is 0.869. The third-order valence-corrected chi connectivity index (χ3v) is 3.56. The number of nitrogens with one attached hydrogen (secondary N) is 2. The number of hydrogen-bond acceptors (Lipinski definition) is 3. The maximum Gasteiger partial charge on any atom is 0.191 e. The highest BCUT2D eigenvalue weighted by Crippen LogP contribution is 2.10. The molecule has 0 amide bonds. The zero-order chi connectivity index (χ0) is 16.3. The number of hydrogen-bond donors (Lipinski definition) is 2. The summed E-state index contributed by atoms with van der Waals surface area (Å²) in [6, 6.07) is 10.6. The van der Waals surface area contributed by atoms with Crippen molar-refractivity contribution in [3.8, 4) is 0 Å². The van der Waals surface area contributed by atoms with Crippen molar-refractivity contribution in [2.75, 3.05) is 13.1 Å². The summed E-state index contributed by atoms with van der Waals surface area (Å²) in [7, 11) is 0. The Morgan fingerprint density at radius 1 is 1.17 bits per heavy atom. The van der Waals surface area contributed by atoms with Gasteiger partial charge in [0.15, 0.2) is 5.96 Å². The molecule has 124 valence electrons. The van der Waals surface area contributed by atoms with Gasteiger partial charge in [0, 0.05) is 19.6 Å². The molecule has 6 nitrogen and oxygen atoms in total. The summed E-state index contributed by atoms with van der Waals surface area (Å²) in [6.07, 6.45) is 5.59. The number of unbranched alkanes of at least 4 members (excludes halogenated alkanes) is 1. The van der Waals surface area contributed by atoms with Gasteiger partial charge in [0.1, 0.15) is 12.7 Å². The van der Waals surface area contributed by atoms with Crippen LogP contribution in [0.2, 0.25) is 0 Å². The smallest absolute Gasteiger partial charge is 0.191 e. The van der Waals surface area contributed by atoms with Gasteiger partial charge in [0.2, 0.25) is 0 Å². The van der Waals surface area contributed by atoms with Crippen LogP contribution in [0.1, 0.15) is 38.3 Å². The van der Waals surface area contributed by atoms with E-state index in [4.69, 9.17) is 0 Å². The summed E-state index contributed by atoms with van der Waals surface area (Å²) in [4.78, 5) is 4.65. The van der Waals surface area contributed by atoms with Gasteiger partial charge in [0.25, 0.3) is 0 Å². The molecule has 0 aliphatic heterocycles. The summed E-state index contributed by atoms with van der Waals surface area (Å²) < 4.78 is 1.99. The molecule has 0 aliphatic rings. The fraction of sp³-hybridized carbons (Fsp3) is 0.471. The molecular formula is C17H26N6. The molecule has 1 atom stereocenters. The Morgan fingerprint density at radius 2 is 1.91 bits per heavy atom. The lowest BCUT2D eigenvalue weighted by Gasteiger charge is -2.18. The van der Waals surface area contributed by atoms with Gasteiger partial charge in [-0.1, -0.05) is 30.3 Å². The third-order valence-electron chi connectivity index (χ3n) is 3.56. The lowest BCUT2D eigenvalue weighted by atomic mass is 10.1. The largest absolute Gasteiger partial charge is 0.357 e. The first-order chi connectivity index (χ1) is 11.3. The van der Waals surface area contributed by atoms with Gasteiger partial charge in [-0.15, -0.1) is 10.2 Å². The van der Waals surface area contributed by atoms with Crippen LogP contribution in [0.3, 0.4) is 0 Å². The van der Waals surface area contributed by atoms with Crippen LogP contribution in [0.25, 0.3) is 0 Å². The van der Waals surface area contributed by atoms with E-state index in [1.54, 1.807) is 12.7 Å². The monoisotopic (exact) mass is 314 g/mol. The Hall–Kier alpha value is -2.37. The van der Waals surface area contributed by atoms with E-state index >= 15 is 0 Å². The van der Waals surface area contributed by atoms with Gasteiger partial charge in [-0.25, -0.2) is 0 Å². The van der Waals surface area contributed by atoms with Crippen molar-refractivity contribution in [3.05, 3.63) is 48.5 Å². The van der Waals surface area contributed by atoms with Crippen LogP contribution < -0.4 is 10.6 Å². The first-order valence-electron chi connectivity index (χ1n) is 8.21. The Morgan fingerprint density at radius 3 is 2.61 bits per heavy atom. The lowest BCUT2D eigenvalue weighted by molar-refractivity contribution is 0.609. The van der Waals surface area contributed by atoms with Crippen molar-refractivity contribution < 1.29 is 0 Å². The number of aliphatic imine (C=N–C) groups is 1. The number of benzene rings is 1. The SMILES string of the molecule is CCNC(=NCCCCn1cnnc1)NC(C)c1ccccc1. The first-order valence-corrected chi connectivity index (χ1v) is 8.21. The summed E-state index contributed by atoms with van der Waals surface area (Å²) >= 11 is 0. The van der Waals surface area contributed by atoms with Gasteiger partial charge in [-0.3, -0.25) is 4.99 Å². The number of aryl methyl sites for hydroxylation is 1. The zero-order valence-corrected chi connectivity index (χ0v) is 13.9. The van der Waals surface area contributed by atoms with Crippen molar-refractivity contribution in [3.63, 3.8) is 0 Å². The maximum atomic E-state index is 4.65. The fourth-order valence-electron chi connectivity index (χ4n) is 2.28. The van der Waals surface area contributed by atoms with Gasteiger partial charge in [0.05, 0.1) is 6.04 Å². The molecule has 2 rings (SSSR count). The van der Waals surface area contributed by atoms with E-state index in [1.807, 2.05) is 10.6 Å². The molecule has 2 aromatic rings. The van der Waals surface area contributed by atoms with Crippen LogP contribution in [0.4, 0.5) is 0 Å². The maximum absolute atomic E-state index is 4.65. The molecule has 23 heavy (non-hydrogen) atoms. The minimum atomic E-state index is 0.228. The van der Waals surface area contributed by atoms with Gasteiger partial charge < -0.3 is 15.2 Å². The molecule has 0 spiro atoms. The molecule has 0 aliphatic carbocycles. The highest BCUT2D eigenvalue weighted by Gasteiger charge is 2.06. The van der Waals surface area contributed by atoms with E-state index in [2.05, 4.69) is 63.9 Å². The van der Waals surface area contributed by atoms with Crippen LogP contribution in [-0.4, -0.2) is 33.8 Å². The second kappa shape index (κ2) is 9.61. The Labute approximate surface area is 138 Å². The van der Waals surface area contributed by atoms with Gasteiger partial charge in [-0.2, -0.15) is 0 Å². The van der Waals surface area contributed by atoms with Crippen LogP contribution in [0.15, 0.2) is 48.0 Å². The molecule has 0 saturated carbocycles. The number of rotatable bonds is 8. The van der Waals surface area contributed by atoms with Crippen LogP contribution in [0, 0.1) is 0 Å². The Bertz CT molecular complexity index is 564. The molecule has 1 unspecified atom stereocenters. The Balaban J connectivity index is 1.77. The normalized spacial score (nSPS) is 12.9. The summed E-state index contributed by atoms with van der Waals surface area (Å²) in [5.41, 5.74) is 1.26. The fourth-order valence-corrected chi connectivity index (χ4v) is 2.28. The molecule has 1 heterocycles. The molecule has 1 aromatic carbocycles. The molecule has 0 saturated heterocycles. The minimum absolute atomic E-state index is 0.228. The van der Waals surface area contributed by atoms with Crippen molar-refractivity contribution >= 4 is 5.96 Å². The number of guanidine groups is 1. The Kier molecular flexibility index (Phi) is 7.10. The average Bonchev–Trinajstić information content (AvgIpc) is 3.09. The predicted octanol–water partition coefficient (Wildman–Crippen LogP) is 2.37. The van der Waals surface area contributed by atoms with E-state index in [0.717, 1.165) is 38.4 Å². The third kappa shape index (κ3) is 6.10. The molecule has 2 N–H and O–H groups in total.